The van der Waals surface area contributed by atoms with E-state index < -0.39 is 44.3 Å². The standard InChI is InChI=1S/C22H28ClN4O7P/c1-22(2)33-17-15(10-31-11-35(28,29)30)32-21(18(17)34-22)27-8-7-13-16(25-12-5-3-4-6-12)14(9-24)19(23)26-20(13)27/h7-8,12,15,17-18,21H,3-6,10-11H2,1-2H3,(H,25,26)(H2,28,29,30)/t15-,17-,18-,21-/m1/s1. The van der Waals surface area contributed by atoms with Crippen LogP contribution >= 0.6 is 19.2 Å². The average Bonchev–Trinajstić information content (AvgIpc) is 3.52. The van der Waals surface area contributed by atoms with E-state index >= 15 is 0 Å². The molecule has 35 heavy (non-hydrogen) atoms. The number of nitrogens with zero attached hydrogens (tertiary/aromatic N) is 3. The summed E-state index contributed by atoms with van der Waals surface area (Å²) in [5, 5.41) is 14.1. The SMILES string of the molecule is CC1(C)O[C@@H]2[C@H](O1)[C@@H](COCP(=O)(O)O)O[C@H]2n1ccc2c(NC3CCCC3)c(C#N)c(Cl)nc21. The van der Waals surface area contributed by atoms with Crippen LogP contribution < -0.4 is 5.32 Å². The van der Waals surface area contributed by atoms with Gasteiger partial charge < -0.3 is 38.6 Å². The Kier molecular flexibility index (Phi) is 6.62. The highest BCUT2D eigenvalue weighted by Gasteiger charge is 2.56. The lowest BCUT2D eigenvalue weighted by Crippen LogP contribution is -2.33. The second-order valence-electron chi connectivity index (χ2n) is 9.64. The predicted molar refractivity (Wildman–Crippen MR) is 126 cm³/mol. The van der Waals surface area contributed by atoms with Crippen LogP contribution in [0, 0.1) is 11.3 Å². The van der Waals surface area contributed by atoms with Crippen LogP contribution in [0.25, 0.3) is 11.0 Å². The Balaban J connectivity index is 1.48. The molecule has 4 heterocycles. The fraction of sp³-hybridized carbons (Fsp3) is 0.636. The molecule has 11 nitrogen and oxygen atoms in total. The molecule has 5 rings (SSSR count). The van der Waals surface area contributed by atoms with Crippen molar-refractivity contribution in [2.24, 2.45) is 0 Å². The molecule has 3 fully saturated rings. The molecule has 0 spiro atoms. The highest BCUT2D eigenvalue weighted by Crippen LogP contribution is 2.45. The van der Waals surface area contributed by atoms with Crippen molar-refractivity contribution in [2.75, 3.05) is 18.3 Å². The van der Waals surface area contributed by atoms with Crippen molar-refractivity contribution in [3.63, 3.8) is 0 Å². The molecule has 0 aromatic carbocycles. The van der Waals surface area contributed by atoms with E-state index in [1.54, 1.807) is 18.4 Å². The number of ether oxygens (including phenoxy) is 4. The molecule has 2 aliphatic heterocycles. The van der Waals surface area contributed by atoms with Gasteiger partial charge in [-0.15, -0.1) is 0 Å². The highest BCUT2D eigenvalue weighted by molar-refractivity contribution is 7.51. The van der Waals surface area contributed by atoms with Crippen molar-refractivity contribution in [1.82, 2.24) is 9.55 Å². The summed E-state index contributed by atoms with van der Waals surface area (Å²) in [5.41, 5.74) is 1.50. The number of anilines is 1. The number of hydrogen-bond acceptors (Lipinski definition) is 8. The van der Waals surface area contributed by atoms with E-state index in [-0.39, 0.29) is 17.8 Å². The first kappa shape index (κ1) is 24.9. The van der Waals surface area contributed by atoms with Crippen LogP contribution in [0.5, 0.6) is 0 Å². The van der Waals surface area contributed by atoms with Crippen molar-refractivity contribution in [3.8, 4) is 6.07 Å². The van der Waals surface area contributed by atoms with Crippen LogP contribution in [0.1, 0.15) is 51.3 Å². The summed E-state index contributed by atoms with van der Waals surface area (Å²) in [6.07, 6.45) is 3.11. The predicted octanol–water partition coefficient (Wildman–Crippen LogP) is 3.49. The largest absolute Gasteiger partial charge is 0.381 e. The Morgan fingerprint density at radius 1 is 1.34 bits per heavy atom. The van der Waals surface area contributed by atoms with Crippen molar-refractivity contribution in [1.29, 1.82) is 5.26 Å². The number of hydrogen-bond donors (Lipinski definition) is 3. The number of fused-ring (bicyclic) bond motifs is 2. The van der Waals surface area contributed by atoms with Crippen LogP contribution in [0.2, 0.25) is 5.15 Å². The molecular weight excluding hydrogens is 499 g/mol. The van der Waals surface area contributed by atoms with Crippen molar-refractivity contribution in [3.05, 3.63) is 23.0 Å². The number of halogens is 1. The van der Waals surface area contributed by atoms with Gasteiger partial charge in [-0.3, -0.25) is 4.57 Å². The quantitative estimate of drug-likeness (QED) is 0.361. The van der Waals surface area contributed by atoms with Crippen LogP contribution in [0.15, 0.2) is 12.3 Å². The molecule has 0 radical (unpaired) electrons. The average molecular weight is 527 g/mol. The third-order valence-corrected chi connectivity index (χ3v) is 7.37. The van der Waals surface area contributed by atoms with Gasteiger partial charge in [0.05, 0.1) is 12.3 Å². The van der Waals surface area contributed by atoms with E-state index in [9.17, 15) is 9.83 Å². The van der Waals surface area contributed by atoms with Gasteiger partial charge in [0.15, 0.2) is 17.2 Å². The number of rotatable bonds is 7. The molecule has 13 heteroatoms. The number of nitrogens with one attached hydrogen (secondary N) is 1. The summed E-state index contributed by atoms with van der Waals surface area (Å²) in [4.78, 5) is 22.7. The molecule has 0 amide bonds. The zero-order chi connectivity index (χ0) is 25.0. The van der Waals surface area contributed by atoms with Crippen LogP contribution in [-0.4, -0.2) is 62.4 Å². The second kappa shape index (κ2) is 9.29. The van der Waals surface area contributed by atoms with Gasteiger partial charge in [0.2, 0.25) is 0 Å². The summed E-state index contributed by atoms with van der Waals surface area (Å²) >= 11 is 6.45. The Labute approximate surface area is 207 Å². The summed E-state index contributed by atoms with van der Waals surface area (Å²) in [7, 11) is -4.32. The zero-order valence-corrected chi connectivity index (χ0v) is 21.0. The minimum absolute atomic E-state index is 0.0807. The van der Waals surface area contributed by atoms with Crippen LogP contribution in [-0.2, 0) is 23.5 Å². The Morgan fingerprint density at radius 2 is 2.06 bits per heavy atom. The van der Waals surface area contributed by atoms with Gasteiger partial charge in [0.25, 0.3) is 0 Å². The fourth-order valence-corrected chi connectivity index (χ4v) is 5.74. The van der Waals surface area contributed by atoms with E-state index in [4.69, 9.17) is 40.3 Å². The number of pyridine rings is 1. The van der Waals surface area contributed by atoms with Crippen LogP contribution in [0.4, 0.5) is 5.69 Å². The maximum atomic E-state index is 11.2. The van der Waals surface area contributed by atoms with Crippen molar-refractivity contribution >= 4 is 35.9 Å². The van der Waals surface area contributed by atoms with E-state index in [0.29, 0.717) is 16.9 Å². The third kappa shape index (κ3) is 4.95. The van der Waals surface area contributed by atoms with E-state index in [0.717, 1.165) is 31.1 Å². The van der Waals surface area contributed by atoms with Gasteiger partial charge in [0, 0.05) is 17.6 Å². The molecule has 4 atom stereocenters. The molecule has 2 aromatic rings. The first-order valence-electron chi connectivity index (χ1n) is 11.6. The number of aromatic nitrogens is 2. The topological polar surface area (TPSA) is 148 Å². The fourth-order valence-electron chi connectivity index (χ4n) is 5.18. The molecule has 0 bridgehead atoms. The highest BCUT2D eigenvalue weighted by atomic mass is 35.5. The maximum Gasteiger partial charge on any atom is 0.350 e. The Bertz CT molecular complexity index is 1200. The molecule has 190 valence electrons. The van der Waals surface area contributed by atoms with Crippen molar-refractivity contribution in [2.45, 2.75) is 75.9 Å². The Hall–Kier alpha value is -1.74. The monoisotopic (exact) mass is 526 g/mol. The van der Waals surface area contributed by atoms with Crippen LogP contribution in [0.3, 0.4) is 0 Å². The van der Waals surface area contributed by atoms with Gasteiger partial charge in [-0.25, -0.2) is 4.98 Å². The molecule has 3 aliphatic rings. The minimum Gasteiger partial charge on any atom is -0.381 e. The smallest absolute Gasteiger partial charge is 0.350 e. The molecule has 0 unspecified atom stereocenters. The number of nitriles is 1. The first-order chi connectivity index (χ1) is 16.6. The summed E-state index contributed by atoms with van der Waals surface area (Å²) in [6, 6.07) is 4.31. The Morgan fingerprint density at radius 3 is 2.74 bits per heavy atom. The lowest BCUT2D eigenvalue weighted by atomic mass is 10.1. The molecule has 1 aliphatic carbocycles. The van der Waals surface area contributed by atoms with E-state index in [2.05, 4.69) is 16.4 Å². The van der Waals surface area contributed by atoms with Gasteiger partial charge in [0.1, 0.15) is 41.9 Å². The normalized spacial score (nSPS) is 28.5. The van der Waals surface area contributed by atoms with E-state index in [1.807, 2.05) is 12.3 Å². The van der Waals surface area contributed by atoms with Crippen molar-refractivity contribution < 1.29 is 33.3 Å². The maximum absolute atomic E-state index is 11.2. The van der Waals surface area contributed by atoms with Gasteiger partial charge in [-0.05, 0) is 32.8 Å². The molecular formula is C22H28ClN4O7P. The molecule has 1 saturated carbocycles. The lowest BCUT2D eigenvalue weighted by Gasteiger charge is -2.25. The summed E-state index contributed by atoms with van der Waals surface area (Å²) in [6.45, 7) is 3.51. The summed E-state index contributed by atoms with van der Waals surface area (Å²) in [5.74, 6) is -0.879. The third-order valence-electron chi connectivity index (χ3n) is 6.57. The van der Waals surface area contributed by atoms with Gasteiger partial charge in [-0.1, -0.05) is 24.4 Å². The minimum atomic E-state index is -4.32. The van der Waals surface area contributed by atoms with Gasteiger partial charge in [-0.2, -0.15) is 5.26 Å². The van der Waals surface area contributed by atoms with Gasteiger partial charge >= 0.3 is 7.60 Å². The van der Waals surface area contributed by atoms with E-state index in [1.165, 1.54) is 0 Å². The molecule has 2 aromatic heterocycles. The molecule has 3 N–H and O–H groups in total. The summed E-state index contributed by atoms with van der Waals surface area (Å²) < 4.78 is 36.6. The first-order valence-corrected chi connectivity index (χ1v) is 13.7. The molecule has 2 saturated heterocycles. The lowest BCUT2D eigenvalue weighted by molar-refractivity contribution is -0.201. The second-order valence-corrected chi connectivity index (χ2v) is 11.6. The zero-order valence-electron chi connectivity index (χ0n) is 19.4.